The number of nitrogens with zero attached hydrogens (tertiary/aromatic N) is 2. The number of rotatable bonds is 4. The minimum absolute atomic E-state index is 0.157. The summed E-state index contributed by atoms with van der Waals surface area (Å²) in [6, 6.07) is 8.83. The third-order valence-corrected chi connectivity index (χ3v) is 5.60. The topological polar surface area (TPSA) is 102 Å². The number of ether oxygens (including phenoxy) is 1. The summed E-state index contributed by atoms with van der Waals surface area (Å²) in [6.07, 6.45) is -3.01. The number of benzene rings is 2. The number of hydrogen-bond donors (Lipinski definition) is 2. The van der Waals surface area contributed by atoms with Gasteiger partial charge in [0.15, 0.2) is 0 Å². The number of amides is 1. The molecule has 2 aromatic carbocycles. The fourth-order valence-electron chi connectivity index (χ4n) is 3.99. The number of anilines is 1. The Kier molecular flexibility index (Phi) is 11.7. The van der Waals surface area contributed by atoms with E-state index in [0.29, 0.717) is 28.9 Å². The van der Waals surface area contributed by atoms with Gasteiger partial charge < -0.3 is 20.4 Å². The van der Waals surface area contributed by atoms with E-state index < -0.39 is 23.8 Å². The SMILES string of the molecule is CC.CC.COC(=O)c1ccc2c(c1)C(N(N)/C=C(\N)c1ccc(C(F)(F)F)cc1)[C@H](C)CN2C(C)=O. The lowest BCUT2D eigenvalue weighted by Gasteiger charge is -2.42. The van der Waals surface area contributed by atoms with Crippen molar-refractivity contribution >= 4 is 23.3 Å². The molecule has 0 saturated heterocycles. The van der Waals surface area contributed by atoms with Crippen LogP contribution in [0.5, 0.6) is 0 Å². The molecule has 1 amide bonds. The Hall–Kier alpha value is -3.53. The maximum absolute atomic E-state index is 12.8. The molecule has 2 atom stereocenters. The van der Waals surface area contributed by atoms with E-state index >= 15 is 0 Å². The summed E-state index contributed by atoms with van der Waals surface area (Å²) in [4.78, 5) is 25.9. The molecule has 10 heteroatoms. The Morgan fingerprint density at radius 3 is 2.08 bits per heavy atom. The lowest BCUT2D eigenvalue weighted by atomic mass is 9.86. The average Bonchev–Trinajstić information content (AvgIpc) is 2.89. The van der Waals surface area contributed by atoms with Crippen LogP contribution in [-0.2, 0) is 15.7 Å². The van der Waals surface area contributed by atoms with Crippen LogP contribution < -0.4 is 16.5 Å². The minimum Gasteiger partial charge on any atom is -0.465 e. The molecular formula is C27H37F3N4O3. The average molecular weight is 523 g/mol. The van der Waals surface area contributed by atoms with Gasteiger partial charge in [-0.2, -0.15) is 13.2 Å². The number of fused-ring (bicyclic) bond motifs is 1. The van der Waals surface area contributed by atoms with Crippen LogP contribution in [0.1, 0.15) is 74.6 Å². The van der Waals surface area contributed by atoms with E-state index in [2.05, 4.69) is 0 Å². The Bertz CT molecular complexity index is 1090. The highest BCUT2D eigenvalue weighted by Crippen LogP contribution is 2.41. The molecule has 204 valence electrons. The smallest absolute Gasteiger partial charge is 0.416 e. The van der Waals surface area contributed by atoms with Gasteiger partial charge >= 0.3 is 12.1 Å². The second kappa shape index (κ2) is 13.7. The van der Waals surface area contributed by atoms with Gasteiger partial charge in [0, 0.05) is 36.8 Å². The van der Waals surface area contributed by atoms with Crippen LogP contribution in [0.15, 0.2) is 48.7 Å². The largest absolute Gasteiger partial charge is 0.465 e. The summed E-state index contributed by atoms with van der Waals surface area (Å²) in [5.41, 5.74) is 7.41. The molecule has 4 N–H and O–H groups in total. The highest BCUT2D eigenvalue weighted by Gasteiger charge is 2.35. The summed E-state index contributed by atoms with van der Waals surface area (Å²) in [7, 11) is 1.27. The summed E-state index contributed by atoms with van der Waals surface area (Å²) >= 11 is 0. The van der Waals surface area contributed by atoms with Crippen molar-refractivity contribution in [2.75, 3.05) is 18.6 Å². The first-order valence-electron chi connectivity index (χ1n) is 12.1. The van der Waals surface area contributed by atoms with Crippen molar-refractivity contribution in [1.29, 1.82) is 0 Å². The van der Waals surface area contributed by atoms with E-state index in [1.807, 2.05) is 34.6 Å². The van der Waals surface area contributed by atoms with Crippen molar-refractivity contribution < 1.29 is 27.5 Å². The molecule has 0 bridgehead atoms. The lowest BCUT2D eigenvalue weighted by molar-refractivity contribution is -0.137. The second-order valence-corrected chi connectivity index (χ2v) is 7.92. The quantitative estimate of drug-likeness (QED) is 0.303. The molecule has 1 aliphatic heterocycles. The van der Waals surface area contributed by atoms with Gasteiger partial charge in [-0.1, -0.05) is 46.8 Å². The van der Waals surface area contributed by atoms with Crippen molar-refractivity contribution in [1.82, 2.24) is 5.01 Å². The van der Waals surface area contributed by atoms with Crippen molar-refractivity contribution in [2.24, 2.45) is 17.5 Å². The normalized spacial score (nSPS) is 16.8. The molecule has 37 heavy (non-hydrogen) atoms. The van der Waals surface area contributed by atoms with Gasteiger partial charge in [0.2, 0.25) is 5.91 Å². The predicted octanol–water partition coefficient (Wildman–Crippen LogP) is 5.72. The number of carbonyl (C=O) groups is 2. The number of esters is 1. The van der Waals surface area contributed by atoms with Gasteiger partial charge in [-0.3, -0.25) is 4.79 Å². The number of hydrogen-bond acceptors (Lipinski definition) is 6. The Labute approximate surface area is 216 Å². The zero-order valence-corrected chi connectivity index (χ0v) is 22.4. The van der Waals surface area contributed by atoms with Gasteiger partial charge in [0.25, 0.3) is 0 Å². The maximum Gasteiger partial charge on any atom is 0.416 e. The molecular weight excluding hydrogens is 485 g/mol. The molecule has 1 aliphatic rings. The van der Waals surface area contributed by atoms with Crippen LogP contribution in [0.4, 0.5) is 18.9 Å². The second-order valence-electron chi connectivity index (χ2n) is 7.92. The summed E-state index contributed by atoms with van der Waals surface area (Å²) in [6.45, 7) is 11.7. The first-order chi connectivity index (χ1) is 17.4. The molecule has 0 saturated carbocycles. The molecule has 0 fully saturated rings. The van der Waals surface area contributed by atoms with Crippen LogP contribution in [-0.4, -0.2) is 30.5 Å². The number of alkyl halides is 3. The van der Waals surface area contributed by atoms with E-state index in [1.54, 1.807) is 23.1 Å². The minimum atomic E-state index is -4.45. The molecule has 0 aliphatic carbocycles. The van der Waals surface area contributed by atoms with Crippen LogP contribution in [0.3, 0.4) is 0 Å². The number of halogens is 3. The van der Waals surface area contributed by atoms with Crippen LogP contribution in [0.25, 0.3) is 5.70 Å². The van der Waals surface area contributed by atoms with Gasteiger partial charge in [0.05, 0.1) is 30.0 Å². The molecule has 0 aromatic heterocycles. The highest BCUT2D eigenvalue weighted by atomic mass is 19.4. The summed E-state index contributed by atoms with van der Waals surface area (Å²) in [5, 5.41) is 1.36. The first-order valence-corrected chi connectivity index (χ1v) is 12.1. The van der Waals surface area contributed by atoms with Gasteiger partial charge in [-0.25, -0.2) is 10.6 Å². The molecule has 7 nitrogen and oxygen atoms in total. The van der Waals surface area contributed by atoms with E-state index in [9.17, 15) is 22.8 Å². The number of nitrogens with two attached hydrogens (primary N) is 2. The monoisotopic (exact) mass is 522 g/mol. The van der Waals surface area contributed by atoms with Crippen molar-refractivity contribution in [2.45, 2.75) is 53.8 Å². The Morgan fingerprint density at radius 2 is 1.59 bits per heavy atom. The van der Waals surface area contributed by atoms with E-state index in [4.69, 9.17) is 16.3 Å². The molecule has 1 heterocycles. The molecule has 0 radical (unpaired) electrons. The Morgan fingerprint density at radius 1 is 1.05 bits per heavy atom. The standard InChI is InChI=1S/C23H25F3N4O3.2C2H6/c1-13-11-29(14(2)31)20-9-6-16(22(32)33-3)10-18(20)21(13)30(28)12-19(27)15-4-7-17(8-5-15)23(24,25)26;2*1-2/h4-10,12-13,21H,11,27-28H2,1-3H3;2*1-2H3/b19-12-;;/t13-,21?;;/m1../s1. The lowest BCUT2D eigenvalue weighted by Crippen LogP contribution is -2.46. The van der Waals surface area contributed by atoms with Gasteiger partial charge in [0.1, 0.15) is 0 Å². The van der Waals surface area contributed by atoms with E-state index in [1.165, 1.54) is 37.4 Å². The molecule has 1 unspecified atom stereocenters. The first kappa shape index (κ1) is 31.5. The molecule has 0 spiro atoms. The van der Waals surface area contributed by atoms with Crippen molar-refractivity contribution in [3.05, 3.63) is 70.9 Å². The summed E-state index contributed by atoms with van der Waals surface area (Å²) in [5.74, 6) is 5.50. The Balaban J connectivity index is 0.00000163. The zero-order chi connectivity index (χ0) is 28.5. The molecule has 2 aromatic rings. The maximum atomic E-state index is 12.8. The highest BCUT2D eigenvalue weighted by molar-refractivity contribution is 5.95. The predicted molar refractivity (Wildman–Crippen MR) is 140 cm³/mol. The zero-order valence-electron chi connectivity index (χ0n) is 22.4. The van der Waals surface area contributed by atoms with Crippen LogP contribution in [0, 0.1) is 5.92 Å². The molecule has 3 rings (SSSR count). The summed E-state index contributed by atoms with van der Waals surface area (Å²) < 4.78 is 43.3. The van der Waals surface area contributed by atoms with E-state index in [-0.39, 0.29) is 17.5 Å². The number of carbonyl (C=O) groups excluding carboxylic acids is 2. The van der Waals surface area contributed by atoms with Gasteiger partial charge in [-0.05, 0) is 35.9 Å². The third kappa shape index (κ3) is 7.48. The number of methoxy groups -OCH3 is 1. The number of hydrazine groups is 1. The van der Waals surface area contributed by atoms with Crippen molar-refractivity contribution in [3.63, 3.8) is 0 Å². The van der Waals surface area contributed by atoms with Crippen LogP contribution >= 0.6 is 0 Å². The van der Waals surface area contributed by atoms with E-state index in [0.717, 1.165) is 12.1 Å². The third-order valence-electron chi connectivity index (χ3n) is 5.60. The fraction of sp³-hybridized carbons (Fsp3) is 0.407. The van der Waals surface area contributed by atoms with Crippen LogP contribution in [0.2, 0.25) is 0 Å². The van der Waals surface area contributed by atoms with Gasteiger partial charge in [-0.15, -0.1) is 0 Å². The van der Waals surface area contributed by atoms with Crippen molar-refractivity contribution in [3.8, 4) is 0 Å². The fourth-order valence-corrected chi connectivity index (χ4v) is 3.99.